The van der Waals surface area contributed by atoms with Crippen LogP contribution in [0.3, 0.4) is 0 Å². The zero-order valence-corrected chi connectivity index (χ0v) is 18.2. The first-order valence-electron chi connectivity index (χ1n) is 11.6. The summed E-state index contributed by atoms with van der Waals surface area (Å²) in [4.78, 5) is 12.7. The molecule has 0 aliphatic heterocycles. The number of carbonyl (C=O) groups excluding carboxylic acids is 1. The van der Waals surface area contributed by atoms with Crippen molar-refractivity contribution >= 4 is 5.78 Å². The number of hydrogen-bond acceptors (Lipinski definition) is 2. The van der Waals surface area contributed by atoms with Crippen LogP contribution in [0.4, 0.5) is 0 Å². The number of Topliss-reactive ketones (excluding diaryl/α,β-unsaturated/α-hetero) is 1. The van der Waals surface area contributed by atoms with E-state index in [1.165, 1.54) is 48.8 Å². The van der Waals surface area contributed by atoms with Crippen LogP contribution in [0, 0.1) is 5.92 Å². The quantitative estimate of drug-likeness (QED) is 0.390. The summed E-state index contributed by atoms with van der Waals surface area (Å²) in [5.41, 5.74) is 3.56. The number of ether oxygens (including phenoxy) is 1. The van der Waals surface area contributed by atoms with E-state index in [4.69, 9.17) is 4.74 Å². The molecule has 156 valence electrons. The van der Waals surface area contributed by atoms with Gasteiger partial charge in [-0.25, -0.2) is 0 Å². The third-order valence-corrected chi connectivity index (χ3v) is 6.23. The summed E-state index contributed by atoms with van der Waals surface area (Å²) in [6.07, 6.45) is 10.3. The van der Waals surface area contributed by atoms with Crippen molar-refractivity contribution in [2.75, 3.05) is 6.61 Å². The summed E-state index contributed by atoms with van der Waals surface area (Å²) in [5, 5.41) is 0. The average molecular weight is 393 g/mol. The highest BCUT2D eigenvalue weighted by atomic mass is 16.5. The Balaban J connectivity index is 1.57. The van der Waals surface area contributed by atoms with Crippen LogP contribution < -0.4 is 4.74 Å². The smallest absolute Gasteiger partial charge is 0.140 e. The molecule has 1 aliphatic carbocycles. The van der Waals surface area contributed by atoms with Crippen LogP contribution in [0.5, 0.6) is 5.75 Å². The van der Waals surface area contributed by atoms with E-state index in [1.54, 1.807) is 0 Å². The molecular weight excluding hydrogens is 356 g/mol. The molecule has 0 radical (unpaired) electrons. The summed E-state index contributed by atoms with van der Waals surface area (Å²) in [5.74, 6) is 2.09. The van der Waals surface area contributed by atoms with E-state index >= 15 is 0 Å². The van der Waals surface area contributed by atoms with Crippen molar-refractivity contribution in [3.8, 4) is 16.9 Å². The highest BCUT2D eigenvalue weighted by molar-refractivity contribution is 5.86. The fourth-order valence-electron chi connectivity index (χ4n) is 4.36. The fraction of sp³-hybridized carbons (Fsp3) is 0.519. The number of rotatable bonds is 10. The Hall–Kier alpha value is -2.09. The highest BCUT2D eigenvalue weighted by Crippen LogP contribution is 2.36. The molecule has 0 amide bonds. The van der Waals surface area contributed by atoms with Crippen molar-refractivity contribution in [1.29, 1.82) is 0 Å². The predicted octanol–water partition coefficient (Wildman–Crippen LogP) is 7.57. The van der Waals surface area contributed by atoms with Crippen molar-refractivity contribution in [3.05, 3.63) is 54.1 Å². The predicted molar refractivity (Wildman–Crippen MR) is 122 cm³/mol. The number of benzene rings is 2. The highest BCUT2D eigenvalue weighted by Gasteiger charge is 2.29. The van der Waals surface area contributed by atoms with Crippen molar-refractivity contribution in [2.24, 2.45) is 5.92 Å². The van der Waals surface area contributed by atoms with Gasteiger partial charge in [-0.1, -0.05) is 82.3 Å². The maximum atomic E-state index is 12.7. The standard InChI is InChI=1S/C27H36O2/c1-3-5-7-8-21-9-18-26(27(28)20-21)24-12-10-22(11-13-24)23-14-16-25(17-15-23)29-19-6-4-2/h10-17,21,26H,3-9,18-20H2,1-2H3/t21-,26+/m0/s1. The molecule has 0 spiro atoms. The van der Waals surface area contributed by atoms with Crippen molar-refractivity contribution in [1.82, 2.24) is 0 Å². The molecule has 3 rings (SSSR count). The van der Waals surface area contributed by atoms with E-state index in [1.807, 2.05) is 12.1 Å². The Morgan fingerprint density at radius 1 is 0.828 bits per heavy atom. The molecule has 2 aromatic carbocycles. The summed E-state index contributed by atoms with van der Waals surface area (Å²) in [6.45, 7) is 5.18. The first kappa shape index (κ1) is 21.6. The van der Waals surface area contributed by atoms with Gasteiger partial charge < -0.3 is 4.74 Å². The SMILES string of the molecule is CCCCC[C@H]1CC[C@H](c2ccc(-c3ccc(OCCCC)cc3)cc2)C(=O)C1. The molecule has 0 N–H and O–H groups in total. The van der Waals surface area contributed by atoms with Crippen molar-refractivity contribution in [2.45, 2.75) is 77.6 Å². The molecule has 1 fully saturated rings. The third kappa shape index (κ3) is 6.19. The van der Waals surface area contributed by atoms with Gasteiger partial charge in [-0.3, -0.25) is 4.79 Å². The van der Waals surface area contributed by atoms with E-state index in [0.717, 1.165) is 38.0 Å². The first-order chi connectivity index (χ1) is 14.2. The van der Waals surface area contributed by atoms with Crippen molar-refractivity contribution in [3.63, 3.8) is 0 Å². The van der Waals surface area contributed by atoms with Crippen LogP contribution in [-0.2, 0) is 4.79 Å². The second-order valence-corrected chi connectivity index (χ2v) is 8.51. The van der Waals surface area contributed by atoms with Crippen LogP contribution in [0.2, 0.25) is 0 Å². The van der Waals surface area contributed by atoms with Gasteiger partial charge in [-0.05, 0) is 54.0 Å². The second kappa shape index (κ2) is 11.2. The molecule has 2 atom stereocenters. The number of hydrogen-bond donors (Lipinski definition) is 0. The Morgan fingerprint density at radius 2 is 1.48 bits per heavy atom. The monoisotopic (exact) mass is 392 g/mol. The number of ketones is 1. The number of unbranched alkanes of at least 4 members (excludes halogenated alkanes) is 3. The Bertz CT molecular complexity index is 745. The van der Waals surface area contributed by atoms with Gasteiger partial charge in [0.25, 0.3) is 0 Å². The lowest BCUT2D eigenvalue weighted by Crippen LogP contribution is -2.23. The maximum Gasteiger partial charge on any atom is 0.140 e. The topological polar surface area (TPSA) is 26.3 Å². The third-order valence-electron chi connectivity index (χ3n) is 6.23. The van der Waals surface area contributed by atoms with Crippen LogP contribution in [-0.4, -0.2) is 12.4 Å². The first-order valence-corrected chi connectivity index (χ1v) is 11.6. The Morgan fingerprint density at radius 3 is 2.10 bits per heavy atom. The van der Waals surface area contributed by atoms with Gasteiger partial charge in [0.15, 0.2) is 0 Å². The van der Waals surface area contributed by atoms with Gasteiger partial charge in [-0.2, -0.15) is 0 Å². The van der Waals surface area contributed by atoms with Crippen molar-refractivity contribution < 1.29 is 9.53 Å². The molecule has 0 aromatic heterocycles. The molecule has 1 saturated carbocycles. The van der Waals surface area contributed by atoms with Gasteiger partial charge in [0.2, 0.25) is 0 Å². The lowest BCUT2D eigenvalue weighted by Gasteiger charge is -2.27. The zero-order valence-electron chi connectivity index (χ0n) is 18.2. The van der Waals surface area contributed by atoms with E-state index in [9.17, 15) is 4.79 Å². The van der Waals surface area contributed by atoms with Crippen LogP contribution in [0.15, 0.2) is 48.5 Å². The molecule has 2 heteroatoms. The van der Waals surface area contributed by atoms with Gasteiger partial charge in [-0.15, -0.1) is 0 Å². The Labute approximate surface area is 176 Å². The van der Waals surface area contributed by atoms with E-state index < -0.39 is 0 Å². The van der Waals surface area contributed by atoms with Crippen LogP contribution in [0.25, 0.3) is 11.1 Å². The molecule has 1 aliphatic rings. The summed E-state index contributed by atoms with van der Waals surface area (Å²) in [6, 6.07) is 16.9. The molecule has 0 unspecified atom stereocenters. The fourth-order valence-corrected chi connectivity index (χ4v) is 4.36. The minimum Gasteiger partial charge on any atom is -0.494 e. The van der Waals surface area contributed by atoms with Gasteiger partial charge in [0.05, 0.1) is 6.61 Å². The van der Waals surface area contributed by atoms with Crippen LogP contribution in [0.1, 0.15) is 83.1 Å². The minimum absolute atomic E-state index is 0.0980. The summed E-state index contributed by atoms with van der Waals surface area (Å²) < 4.78 is 5.75. The minimum atomic E-state index is 0.0980. The zero-order chi connectivity index (χ0) is 20.5. The van der Waals surface area contributed by atoms with E-state index in [-0.39, 0.29) is 5.92 Å². The number of carbonyl (C=O) groups is 1. The van der Waals surface area contributed by atoms with Gasteiger partial charge in [0, 0.05) is 12.3 Å². The maximum absolute atomic E-state index is 12.7. The molecule has 0 saturated heterocycles. The van der Waals surface area contributed by atoms with Gasteiger partial charge >= 0.3 is 0 Å². The molecule has 0 bridgehead atoms. The van der Waals surface area contributed by atoms with E-state index in [2.05, 4.69) is 50.2 Å². The van der Waals surface area contributed by atoms with Gasteiger partial charge in [0.1, 0.15) is 11.5 Å². The van der Waals surface area contributed by atoms with E-state index in [0.29, 0.717) is 11.7 Å². The molecule has 2 nitrogen and oxygen atoms in total. The molecule has 2 aromatic rings. The average Bonchev–Trinajstić information content (AvgIpc) is 2.75. The Kier molecular flexibility index (Phi) is 8.34. The lowest BCUT2D eigenvalue weighted by molar-refractivity contribution is -0.123. The summed E-state index contributed by atoms with van der Waals surface area (Å²) in [7, 11) is 0. The lowest BCUT2D eigenvalue weighted by atomic mass is 9.76. The largest absolute Gasteiger partial charge is 0.494 e. The van der Waals surface area contributed by atoms with Crippen LogP contribution >= 0.6 is 0 Å². The summed E-state index contributed by atoms with van der Waals surface area (Å²) >= 11 is 0. The molecular formula is C27H36O2. The molecule has 0 heterocycles. The second-order valence-electron chi connectivity index (χ2n) is 8.51. The normalized spacial score (nSPS) is 19.3. The molecule has 29 heavy (non-hydrogen) atoms.